The van der Waals surface area contributed by atoms with Crippen molar-refractivity contribution in [1.82, 2.24) is 10.3 Å². The summed E-state index contributed by atoms with van der Waals surface area (Å²) < 4.78 is 0. The zero-order valence-electron chi connectivity index (χ0n) is 8.84. The van der Waals surface area contributed by atoms with Crippen LogP contribution in [0.25, 0.3) is 0 Å². The molecule has 1 aromatic rings. The summed E-state index contributed by atoms with van der Waals surface area (Å²) in [4.78, 5) is 14.8. The van der Waals surface area contributed by atoms with Crippen molar-refractivity contribution in [2.45, 2.75) is 13.8 Å². The van der Waals surface area contributed by atoms with Crippen LogP contribution in [-0.4, -0.2) is 17.9 Å². The van der Waals surface area contributed by atoms with Crippen LogP contribution in [-0.2, 0) is 0 Å². The van der Waals surface area contributed by atoms with Crippen molar-refractivity contribution >= 4 is 17.5 Å². The van der Waals surface area contributed by atoms with Crippen molar-refractivity contribution in [2.24, 2.45) is 0 Å². The fraction of sp³-hybridized carbons (Fsp3) is 0.300. The van der Waals surface area contributed by atoms with Crippen LogP contribution in [0.3, 0.4) is 0 Å². The number of nitrogens with zero attached hydrogens (tertiary/aromatic N) is 2. The van der Waals surface area contributed by atoms with Crippen LogP contribution in [0.2, 0.25) is 5.02 Å². The highest BCUT2D eigenvalue weighted by Gasteiger charge is 2.10. The van der Waals surface area contributed by atoms with Crippen LogP contribution in [0.15, 0.2) is 12.3 Å². The van der Waals surface area contributed by atoms with Crippen LogP contribution in [0.1, 0.15) is 29.9 Å². The maximum Gasteiger partial charge on any atom is 0.271 e. The predicted molar refractivity (Wildman–Crippen MR) is 58.7 cm³/mol. The van der Waals surface area contributed by atoms with E-state index >= 15 is 0 Å². The average molecular weight is 226 g/mol. The smallest absolute Gasteiger partial charge is 0.271 e. The van der Waals surface area contributed by atoms with E-state index in [0.29, 0.717) is 5.56 Å². The molecule has 1 amide bonds. The fourth-order valence-corrected chi connectivity index (χ4v) is 1.04. The monoisotopic (exact) mass is 225 g/mol. The first-order valence-electron chi connectivity index (χ1n) is 4.46. The third kappa shape index (κ3) is 3.56. The lowest BCUT2D eigenvalue weighted by molar-refractivity contribution is 0.0958. The molecule has 0 saturated carbocycles. The van der Waals surface area contributed by atoms with Gasteiger partial charge in [-0.25, -0.2) is 4.98 Å². The molecular weight excluding hydrogens is 214 g/mol. The molecule has 15 heavy (non-hydrogen) atoms. The minimum atomic E-state index is -0.366. The van der Waals surface area contributed by atoms with Crippen LogP contribution >= 0.6 is 11.6 Å². The summed E-state index contributed by atoms with van der Waals surface area (Å²) in [5.74, 6) is -0.366. The van der Waals surface area contributed by atoms with Gasteiger partial charge in [-0.3, -0.25) is 4.79 Å². The number of halogens is 1. The molecule has 0 aliphatic heterocycles. The van der Waals surface area contributed by atoms with E-state index in [1.165, 1.54) is 19.3 Å². The van der Waals surface area contributed by atoms with Crippen LogP contribution in [0, 0.1) is 11.3 Å². The molecule has 0 aromatic carbocycles. The molecular formula is C10H12ClN3O. The molecule has 0 fully saturated rings. The molecule has 0 aliphatic carbocycles. The molecule has 1 heterocycles. The van der Waals surface area contributed by atoms with Gasteiger partial charge in [0.05, 0.1) is 10.6 Å². The normalized spacial score (nSPS) is 8.20. The Morgan fingerprint density at radius 1 is 1.60 bits per heavy atom. The molecule has 80 valence electrons. The minimum Gasteiger partial charge on any atom is -0.354 e. The molecule has 4 nitrogen and oxygen atoms in total. The van der Waals surface area contributed by atoms with Gasteiger partial charge in [-0.2, -0.15) is 5.26 Å². The van der Waals surface area contributed by atoms with Crippen LogP contribution < -0.4 is 5.32 Å². The number of nitriles is 1. The number of rotatable bonds is 1. The molecule has 1 rings (SSSR count). The third-order valence-electron chi connectivity index (χ3n) is 1.41. The Morgan fingerprint density at radius 3 is 2.60 bits per heavy atom. The largest absolute Gasteiger partial charge is 0.354 e. The zero-order chi connectivity index (χ0) is 11.8. The minimum absolute atomic E-state index is 0.128. The van der Waals surface area contributed by atoms with Gasteiger partial charge in [0, 0.05) is 13.2 Å². The molecule has 0 bridgehead atoms. The molecule has 0 saturated heterocycles. The molecule has 1 N–H and O–H groups in total. The second-order valence-electron chi connectivity index (χ2n) is 2.25. The number of aromatic nitrogens is 1. The van der Waals surface area contributed by atoms with Gasteiger partial charge in [0.1, 0.15) is 11.8 Å². The summed E-state index contributed by atoms with van der Waals surface area (Å²) in [7, 11) is 1.48. The lowest BCUT2D eigenvalue weighted by Gasteiger charge is -2.00. The average Bonchev–Trinajstić information content (AvgIpc) is 2.30. The molecule has 0 atom stereocenters. The summed E-state index contributed by atoms with van der Waals surface area (Å²) >= 11 is 5.71. The molecule has 0 aliphatic rings. The predicted octanol–water partition coefficient (Wildman–Crippen LogP) is 1.99. The number of amides is 1. The zero-order valence-corrected chi connectivity index (χ0v) is 9.59. The van der Waals surface area contributed by atoms with Crippen LogP contribution in [0.4, 0.5) is 0 Å². The molecule has 0 spiro atoms. The summed E-state index contributed by atoms with van der Waals surface area (Å²) in [6.45, 7) is 4.00. The van der Waals surface area contributed by atoms with E-state index in [2.05, 4.69) is 10.3 Å². The summed E-state index contributed by atoms with van der Waals surface area (Å²) in [6, 6.07) is 3.28. The van der Waals surface area contributed by atoms with E-state index in [0.717, 1.165) is 0 Å². The maximum atomic E-state index is 11.1. The highest BCUT2D eigenvalue weighted by atomic mass is 35.5. The van der Waals surface area contributed by atoms with Gasteiger partial charge in [0.15, 0.2) is 0 Å². The van der Waals surface area contributed by atoms with Crippen LogP contribution in [0.5, 0.6) is 0 Å². The standard InChI is InChI=1S/C8H6ClN3O.C2H6/c1-11-8(13)7-6(9)2-5(3-10)4-12-7;1-2/h2,4H,1H3,(H,11,13);1-2H3. The van der Waals surface area contributed by atoms with Gasteiger partial charge in [0.25, 0.3) is 5.91 Å². The first kappa shape index (κ1) is 13.4. The van der Waals surface area contributed by atoms with Gasteiger partial charge in [-0.1, -0.05) is 25.4 Å². The third-order valence-corrected chi connectivity index (χ3v) is 1.70. The number of carbonyl (C=O) groups is 1. The van der Waals surface area contributed by atoms with Crippen molar-refractivity contribution < 1.29 is 4.79 Å². The topological polar surface area (TPSA) is 65.8 Å². The molecule has 0 radical (unpaired) electrons. The van der Waals surface area contributed by atoms with Crippen molar-refractivity contribution in [2.75, 3.05) is 7.05 Å². The number of nitrogens with one attached hydrogen (secondary N) is 1. The van der Waals surface area contributed by atoms with Crippen molar-refractivity contribution in [3.05, 3.63) is 28.5 Å². The Kier molecular flexibility index (Phi) is 6.07. The maximum absolute atomic E-state index is 11.1. The molecule has 0 unspecified atom stereocenters. The molecule has 5 heteroatoms. The van der Waals surface area contributed by atoms with Crippen molar-refractivity contribution in [3.63, 3.8) is 0 Å². The van der Waals surface area contributed by atoms with Gasteiger partial charge >= 0.3 is 0 Å². The van der Waals surface area contributed by atoms with Gasteiger partial charge in [-0.05, 0) is 6.07 Å². The van der Waals surface area contributed by atoms with E-state index in [9.17, 15) is 4.79 Å². The number of pyridine rings is 1. The first-order chi connectivity index (χ1) is 7.19. The number of hydrogen-bond acceptors (Lipinski definition) is 3. The quantitative estimate of drug-likeness (QED) is 0.795. The Hall–Kier alpha value is -1.60. The van der Waals surface area contributed by atoms with E-state index in [-0.39, 0.29) is 16.6 Å². The number of carbonyl (C=O) groups excluding carboxylic acids is 1. The Labute approximate surface area is 93.9 Å². The lowest BCUT2D eigenvalue weighted by Crippen LogP contribution is -2.19. The van der Waals surface area contributed by atoms with Crippen molar-refractivity contribution in [1.29, 1.82) is 5.26 Å². The highest BCUT2D eigenvalue weighted by Crippen LogP contribution is 2.14. The SMILES string of the molecule is CC.CNC(=O)c1ncc(C#N)cc1Cl. The van der Waals surface area contributed by atoms with E-state index in [1.54, 1.807) is 0 Å². The molecule has 1 aromatic heterocycles. The Bertz CT molecular complexity index is 385. The first-order valence-corrected chi connectivity index (χ1v) is 4.84. The lowest BCUT2D eigenvalue weighted by atomic mass is 10.2. The van der Waals surface area contributed by atoms with Gasteiger partial charge < -0.3 is 5.32 Å². The second kappa shape index (κ2) is 6.80. The number of hydrogen-bond donors (Lipinski definition) is 1. The highest BCUT2D eigenvalue weighted by molar-refractivity contribution is 6.33. The van der Waals surface area contributed by atoms with E-state index in [1.807, 2.05) is 19.9 Å². The van der Waals surface area contributed by atoms with Gasteiger partial charge in [-0.15, -0.1) is 0 Å². The Morgan fingerprint density at radius 2 is 2.20 bits per heavy atom. The second-order valence-corrected chi connectivity index (χ2v) is 2.65. The van der Waals surface area contributed by atoms with E-state index < -0.39 is 0 Å². The summed E-state index contributed by atoms with van der Waals surface area (Å²) in [5, 5.41) is 11.1. The fourth-order valence-electron chi connectivity index (χ4n) is 0.785. The summed E-state index contributed by atoms with van der Waals surface area (Å²) in [5.41, 5.74) is 0.459. The van der Waals surface area contributed by atoms with E-state index in [4.69, 9.17) is 16.9 Å². The van der Waals surface area contributed by atoms with Crippen molar-refractivity contribution in [3.8, 4) is 6.07 Å². The summed E-state index contributed by atoms with van der Waals surface area (Å²) in [6.07, 6.45) is 1.30. The van der Waals surface area contributed by atoms with Gasteiger partial charge in [0.2, 0.25) is 0 Å². The Balaban J connectivity index is 0.000000921.